The molecule has 1 aromatic rings. The smallest absolute Gasteiger partial charge is 0.251 e. The van der Waals surface area contributed by atoms with Crippen LogP contribution in [0.1, 0.15) is 43.0 Å². The summed E-state index contributed by atoms with van der Waals surface area (Å²) in [6, 6.07) is 7.41. The third-order valence-corrected chi connectivity index (χ3v) is 3.71. The Bertz CT molecular complexity index is 448. The number of rotatable bonds is 6. The molecule has 2 rings (SSSR count). The maximum atomic E-state index is 12.0. The quantitative estimate of drug-likeness (QED) is 0.849. The molecule has 0 aromatic heterocycles. The Morgan fingerprint density at radius 1 is 1.43 bits per heavy atom. The van der Waals surface area contributed by atoms with E-state index < -0.39 is 0 Å². The third-order valence-electron chi connectivity index (χ3n) is 3.71. The number of carbonyl (C=O) groups excluding carboxylic acids is 1. The minimum atomic E-state index is -0.0674. The number of benzene rings is 1. The van der Waals surface area contributed by atoms with Crippen molar-refractivity contribution >= 4 is 18.3 Å². The van der Waals surface area contributed by atoms with E-state index in [4.69, 9.17) is 10.5 Å². The molecule has 1 unspecified atom stereocenters. The van der Waals surface area contributed by atoms with Gasteiger partial charge in [0.15, 0.2) is 0 Å². The number of nitrogens with one attached hydrogen (secondary N) is 1. The highest BCUT2D eigenvalue weighted by Crippen LogP contribution is 2.24. The van der Waals surface area contributed by atoms with Crippen molar-refractivity contribution in [2.75, 3.05) is 13.1 Å². The van der Waals surface area contributed by atoms with Gasteiger partial charge in [0, 0.05) is 12.1 Å². The minimum absolute atomic E-state index is 0. The van der Waals surface area contributed by atoms with Crippen LogP contribution in [-0.4, -0.2) is 25.1 Å². The first-order valence-electron chi connectivity index (χ1n) is 7.44. The summed E-state index contributed by atoms with van der Waals surface area (Å²) in [7, 11) is 0. The first kappa shape index (κ1) is 17.8. The highest BCUT2D eigenvalue weighted by molar-refractivity contribution is 5.94. The monoisotopic (exact) mass is 312 g/mol. The summed E-state index contributed by atoms with van der Waals surface area (Å²) >= 11 is 0. The molecule has 1 amide bonds. The molecule has 5 heteroatoms. The standard InChI is InChI=1S/C16H24N2O2.ClH/c1-12(10-17)11-18-16(19)13-5-4-8-15(9-13)20-14-6-2-3-7-14;/h4-5,8-9,12,14H,2-3,6-7,10-11,17H2,1H3,(H,18,19);1H. The van der Waals surface area contributed by atoms with Crippen molar-refractivity contribution in [2.24, 2.45) is 11.7 Å². The minimum Gasteiger partial charge on any atom is -0.490 e. The van der Waals surface area contributed by atoms with Crippen molar-refractivity contribution in [2.45, 2.75) is 38.7 Å². The fourth-order valence-corrected chi connectivity index (χ4v) is 2.36. The molecule has 0 saturated heterocycles. The molecule has 118 valence electrons. The molecule has 1 aliphatic rings. The Kier molecular flexibility index (Phi) is 7.54. The van der Waals surface area contributed by atoms with E-state index in [9.17, 15) is 4.79 Å². The van der Waals surface area contributed by atoms with Crippen LogP contribution in [0, 0.1) is 5.92 Å². The largest absolute Gasteiger partial charge is 0.490 e. The van der Waals surface area contributed by atoms with Gasteiger partial charge in [0.25, 0.3) is 5.91 Å². The van der Waals surface area contributed by atoms with Gasteiger partial charge in [-0.15, -0.1) is 12.4 Å². The average molecular weight is 313 g/mol. The Morgan fingerprint density at radius 2 is 2.14 bits per heavy atom. The molecule has 21 heavy (non-hydrogen) atoms. The van der Waals surface area contributed by atoms with Crippen molar-refractivity contribution in [3.63, 3.8) is 0 Å². The summed E-state index contributed by atoms with van der Waals surface area (Å²) < 4.78 is 5.91. The van der Waals surface area contributed by atoms with Crippen molar-refractivity contribution in [3.8, 4) is 5.75 Å². The lowest BCUT2D eigenvalue weighted by Crippen LogP contribution is -2.31. The van der Waals surface area contributed by atoms with Crippen LogP contribution in [0.5, 0.6) is 5.75 Å². The highest BCUT2D eigenvalue weighted by Gasteiger charge is 2.17. The van der Waals surface area contributed by atoms with Crippen LogP contribution in [0.15, 0.2) is 24.3 Å². The molecule has 4 nitrogen and oxygen atoms in total. The molecular formula is C16H25ClN2O2. The van der Waals surface area contributed by atoms with Gasteiger partial charge in [0.1, 0.15) is 5.75 Å². The van der Waals surface area contributed by atoms with Gasteiger partial charge in [-0.1, -0.05) is 13.0 Å². The average Bonchev–Trinajstić information content (AvgIpc) is 2.97. The second kappa shape index (κ2) is 8.90. The third kappa shape index (κ3) is 5.56. The number of carbonyl (C=O) groups is 1. The fraction of sp³-hybridized carbons (Fsp3) is 0.562. The van der Waals surface area contributed by atoms with Gasteiger partial charge in [-0.3, -0.25) is 4.79 Å². The summed E-state index contributed by atoms with van der Waals surface area (Å²) in [6.45, 7) is 3.19. The molecule has 0 spiro atoms. The van der Waals surface area contributed by atoms with Crippen LogP contribution in [0.4, 0.5) is 0 Å². The number of hydrogen-bond acceptors (Lipinski definition) is 3. The van der Waals surface area contributed by atoms with Crippen molar-refractivity contribution in [1.29, 1.82) is 0 Å². The number of hydrogen-bond donors (Lipinski definition) is 2. The first-order valence-corrected chi connectivity index (χ1v) is 7.44. The molecule has 0 bridgehead atoms. The molecule has 1 aliphatic carbocycles. The molecular weight excluding hydrogens is 288 g/mol. The Morgan fingerprint density at radius 3 is 2.81 bits per heavy atom. The van der Waals surface area contributed by atoms with Gasteiger partial charge in [0.05, 0.1) is 6.10 Å². The molecule has 1 fully saturated rings. The maximum absolute atomic E-state index is 12.0. The number of ether oxygens (including phenoxy) is 1. The predicted octanol–water partition coefficient (Wildman–Crippen LogP) is 2.75. The lowest BCUT2D eigenvalue weighted by Gasteiger charge is -2.14. The van der Waals surface area contributed by atoms with E-state index in [1.54, 1.807) is 0 Å². The Hall–Kier alpha value is -1.26. The van der Waals surface area contributed by atoms with E-state index in [0.717, 1.165) is 18.6 Å². The van der Waals surface area contributed by atoms with Crippen LogP contribution in [0.2, 0.25) is 0 Å². The SMILES string of the molecule is CC(CN)CNC(=O)c1cccc(OC2CCCC2)c1.Cl. The molecule has 1 saturated carbocycles. The summed E-state index contributed by atoms with van der Waals surface area (Å²) in [4.78, 5) is 12.0. The second-order valence-corrected chi connectivity index (χ2v) is 5.60. The van der Waals surface area contributed by atoms with E-state index in [1.165, 1.54) is 12.8 Å². The van der Waals surface area contributed by atoms with Crippen LogP contribution in [0.25, 0.3) is 0 Å². The lowest BCUT2D eigenvalue weighted by atomic mass is 10.1. The molecule has 1 aromatic carbocycles. The van der Waals surface area contributed by atoms with Crippen molar-refractivity contribution in [3.05, 3.63) is 29.8 Å². The van der Waals surface area contributed by atoms with Crippen LogP contribution in [-0.2, 0) is 0 Å². The normalized spacial score (nSPS) is 16.1. The van der Waals surface area contributed by atoms with Gasteiger partial charge in [-0.2, -0.15) is 0 Å². The van der Waals surface area contributed by atoms with Gasteiger partial charge in [0.2, 0.25) is 0 Å². The zero-order valence-corrected chi connectivity index (χ0v) is 13.3. The number of nitrogens with two attached hydrogens (primary N) is 1. The van der Waals surface area contributed by atoms with Crippen molar-refractivity contribution < 1.29 is 9.53 Å². The van der Waals surface area contributed by atoms with E-state index >= 15 is 0 Å². The number of amides is 1. The van der Waals surface area contributed by atoms with E-state index in [0.29, 0.717) is 24.8 Å². The van der Waals surface area contributed by atoms with Crippen molar-refractivity contribution in [1.82, 2.24) is 5.32 Å². The maximum Gasteiger partial charge on any atom is 0.251 e. The van der Waals surface area contributed by atoms with Gasteiger partial charge in [-0.25, -0.2) is 0 Å². The second-order valence-electron chi connectivity index (χ2n) is 5.60. The van der Waals surface area contributed by atoms with E-state index in [-0.39, 0.29) is 24.2 Å². The van der Waals surface area contributed by atoms with Crippen LogP contribution >= 0.6 is 12.4 Å². The summed E-state index contributed by atoms with van der Waals surface area (Å²) in [5, 5.41) is 2.90. The van der Waals surface area contributed by atoms with E-state index in [1.807, 2.05) is 31.2 Å². The van der Waals surface area contributed by atoms with Crippen LogP contribution < -0.4 is 15.8 Å². The zero-order valence-electron chi connectivity index (χ0n) is 12.5. The first-order chi connectivity index (χ1) is 9.69. The summed E-state index contributed by atoms with van der Waals surface area (Å²) in [5.41, 5.74) is 6.18. The Balaban J connectivity index is 0.00000220. The lowest BCUT2D eigenvalue weighted by molar-refractivity contribution is 0.0947. The van der Waals surface area contributed by atoms with Gasteiger partial charge in [-0.05, 0) is 56.3 Å². The predicted molar refractivity (Wildman–Crippen MR) is 87.1 cm³/mol. The fourth-order valence-electron chi connectivity index (χ4n) is 2.36. The zero-order chi connectivity index (χ0) is 14.4. The molecule has 0 radical (unpaired) electrons. The molecule has 3 N–H and O–H groups in total. The molecule has 0 heterocycles. The Labute approximate surface area is 132 Å². The van der Waals surface area contributed by atoms with Gasteiger partial charge >= 0.3 is 0 Å². The molecule has 1 atom stereocenters. The van der Waals surface area contributed by atoms with Gasteiger partial charge < -0.3 is 15.8 Å². The highest BCUT2D eigenvalue weighted by atomic mass is 35.5. The summed E-state index contributed by atoms with van der Waals surface area (Å²) in [6.07, 6.45) is 5.02. The summed E-state index contributed by atoms with van der Waals surface area (Å²) in [5.74, 6) is 1.01. The topological polar surface area (TPSA) is 64.3 Å². The van der Waals surface area contributed by atoms with E-state index in [2.05, 4.69) is 5.32 Å². The molecule has 0 aliphatic heterocycles. The van der Waals surface area contributed by atoms with Crippen LogP contribution in [0.3, 0.4) is 0 Å². The number of halogens is 1.